The fourth-order valence-electron chi connectivity index (χ4n) is 2.72. The van der Waals surface area contributed by atoms with Crippen molar-refractivity contribution in [3.8, 4) is 11.5 Å². The van der Waals surface area contributed by atoms with E-state index in [2.05, 4.69) is 21.2 Å². The van der Waals surface area contributed by atoms with E-state index in [9.17, 15) is 14.4 Å². The molecule has 29 heavy (non-hydrogen) atoms. The molecule has 4 rings (SSSR count). The molecule has 2 heterocycles. The van der Waals surface area contributed by atoms with Crippen LogP contribution in [0.1, 0.15) is 5.56 Å². The van der Waals surface area contributed by atoms with Gasteiger partial charge in [0.25, 0.3) is 11.1 Å². The molecule has 1 N–H and O–H groups in total. The molecule has 0 saturated carbocycles. The summed E-state index contributed by atoms with van der Waals surface area (Å²) in [6, 6.07) is 10.1. The van der Waals surface area contributed by atoms with E-state index >= 15 is 0 Å². The number of ether oxygens (including phenoxy) is 2. The number of benzene rings is 2. The highest BCUT2D eigenvalue weighted by Gasteiger charge is 2.36. The van der Waals surface area contributed by atoms with Crippen LogP contribution in [0.2, 0.25) is 5.02 Å². The number of halogens is 2. The summed E-state index contributed by atoms with van der Waals surface area (Å²) in [6.07, 6.45) is 1.57. The molecule has 2 aromatic carbocycles. The Bertz CT molecular complexity index is 1070. The first kappa shape index (κ1) is 19.8. The number of carbonyl (C=O) groups excluding carboxylic acids is 3. The van der Waals surface area contributed by atoms with Crippen molar-refractivity contribution in [3.63, 3.8) is 0 Å². The summed E-state index contributed by atoms with van der Waals surface area (Å²) < 4.78 is 11.3. The summed E-state index contributed by atoms with van der Waals surface area (Å²) in [6.45, 7) is -0.280. The van der Waals surface area contributed by atoms with E-state index in [1.165, 1.54) is 0 Å². The summed E-state index contributed by atoms with van der Waals surface area (Å²) in [4.78, 5) is 38.3. The molecule has 0 atom stereocenters. The van der Waals surface area contributed by atoms with Crippen LogP contribution in [0.4, 0.5) is 10.5 Å². The molecule has 0 aliphatic carbocycles. The Morgan fingerprint density at radius 3 is 2.72 bits per heavy atom. The van der Waals surface area contributed by atoms with Crippen LogP contribution in [-0.4, -0.2) is 35.3 Å². The molecule has 0 radical (unpaired) electrons. The molecule has 148 valence electrons. The van der Waals surface area contributed by atoms with Gasteiger partial charge in [-0.05, 0) is 47.7 Å². The number of para-hydroxylation sites is 1. The highest BCUT2D eigenvalue weighted by Crippen LogP contribution is 2.39. The molecular weight excluding hydrogens is 484 g/mol. The standard InChI is InChI=1S/C19H12BrClN2O5S/c20-11-7-15-14(27-9-28-15)5-10(11)6-16-18(25)23(19(26)29-16)8-17(24)22-13-4-2-1-3-12(13)21/h1-7H,8-9H2,(H,22,24)/b16-6-. The van der Waals surface area contributed by atoms with Crippen molar-refractivity contribution in [1.29, 1.82) is 0 Å². The second kappa shape index (κ2) is 8.10. The van der Waals surface area contributed by atoms with Crippen LogP contribution in [0.5, 0.6) is 11.5 Å². The van der Waals surface area contributed by atoms with E-state index < -0.39 is 23.6 Å². The molecule has 0 aromatic heterocycles. The van der Waals surface area contributed by atoms with Gasteiger partial charge in [-0.15, -0.1) is 0 Å². The lowest BCUT2D eigenvalue weighted by atomic mass is 10.2. The molecule has 3 amide bonds. The Morgan fingerprint density at radius 1 is 1.24 bits per heavy atom. The Hall–Kier alpha value is -2.49. The van der Waals surface area contributed by atoms with Crippen molar-refractivity contribution < 1.29 is 23.9 Å². The molecule has 0 bridgehead atoms. The number of imide groups is 1. The highest BCUT2D eigenvalue weighted by atomic mass is 79.9. The van der Waals surface area contributed by atoms with Crippen molar-refractivity contribution in [2.45, 2.75) is 0 Å². The number of thioether (sulfide) groups is 1. The van der Waals surface area contributed by atoms with Crippen LogP contribution in [0.15, 0.2) is 45.8 Å². The van der Waals surface area contributed by atoms with Crippen LogP contribution in [0, 0.1) is 0 Å². The maximum atomic E-state index is 12.7. The van der Waals surface area contributed by atoms with Gasteiger partial charge >= 0.3 is 0 Å². The minimum Gasteiger partial charge on any atom is -0.454 e. The van der Waals surface area contributed by atoms with Gasteiger partial charge in [-0.2, -0.15) is 0 Å². The van der Waals surface area contributed by atoms with Gasteiger partial charge in [0, 0.05) is 4.47 Å². The third-order valence-corrected chi connectivity index (χ3v) is 6.03. The van der Waals surface area contributed by atoms with Crippen LogP contribution in [0.3, 0.4) is 0 Å². The fraction of sp³-hybridized carbons (Fsp3) is 0.105. The normalized spacial score (nSPS) is 16.6. The van der Waals surface area contributed by atoms with Crippen molar-refractivity contribution in [3.05, 3.63) is 56.4 Å². The Morgan fingerprint density at radius 2 is 1.97 bits per heavy atom. The minimum atomic E-state index is -0.543. The van der Waals surface area contributed by atoms with Crippen molar-refractivity contribution in [2.24, 2.45) is 0 Å². The van der Waals surface area contributed by atoms with Crippen molar-refractivity contribution in [2.75, 3.05) is 18.7 Å². The monoisotopic (exact) mass is 494 g/mol. The van der Waals surface area contributed by atoms with Crippen LogP contribution < -0.4 is 14.8 Å². The molecule has 1 saturated heterocycles. The molecule has 2 aliphatic rings. The first-order valence-corrected chi connectivity index (χ1v) is 10.3. The average Bonchev–Trinajstić information content (AvgIpc) is 3.23. The molecular formula is C19H12BrClN2O5S. The van der Waals surface area contributed by atoms with Gasteiger partial charge in [-0.25, -0.2) is 0 Å². The lowest BCUT2D eigenvalue weighted by Gasteiger charge is -2.13. The zero-order valence-electron chi connectivity index (χ0n) is 14.6. The Balaban J connectivity index is 1.50. The maximum absolute atomic E-state index is 12.7. The first-order chi connectivity index (χ1) is 13.9. The minimum absolute atomic E-state index is 0.127. The van der Waals surface area contributed by atoms with Gasteiger partial charge in [0.1, 0.15) is 6.54 Å². The Kier molecular flexibility index (Phi) is 5.53. The highest BCUT2D eigenvalue weighted by molar-refractivity contribution is 9.10. The van der Waals surface area contributed by atoms with Crippen molar-refractivity contribution >= 4 is 68.1 Å². The third kappa shape index (κ3) is 4.12. The van der Waals surface area contributed by atoms with Gasteiger partial charge in [0.2, 0.25) is 12.7 Å². The first-order valence-electron chi connectivity index (χ1n) is 8.31. The van der Waals surface area contributed by atoms with Crippen molar-refractivity contribution in [1.82, 2.24) is 4.90 Å². The summed E-state index contributed by atoms with van der Waals surface area (Å²) in [5.74, 6) is 0.0842. The third-order valence-electron chi connectivity index (χ3n) is 4.10. The number of hydrogen-bond acceptors (Lipinski definition) is 6. The second-order valence-corrected chi connectivity index (χ2v) is 8.28. The molecule has 2 aromatic rings. The van der Waals surface area contributed by atoms with Crippen LogP contribution in [0.25, 0.3) is 6.08 Å². The van der Waals surface area contributed by atoms with Gasteiger partial charge in [-0.3, -0.25) is 19.3 Å². The lowest BCUT2D eigenvalue weighted by Crippen LogP contribution is -2.36. The SMILES string of the molecule is O=C(CN1C(=O)S/C(=C\c2cc3c(cc2Br)OCO3)C1=O)Nc1ccccc1Cl. The molecule has 2 aliphatic heterocycles. The smallest absolute Gasteiger partial charge is 0.294 e. The average molecular weight is 496 g/mol. The summed E-state index contributed by atoms with van der Waals surface area (Å²) >= 11 is 10.2. The number of nitrogens with zero attached hydrogens (tertiary/aromatic N) is 1. The predicted molar refractivity (Wildman–Crippen MR) is 113 cm³/mol. The summed E-state index contributed by atoms with van der Waals surface area (Å²) in [7, 11) is 0. The number of carbonyl (C=O) groups is 3. The zero-order chi connectivity index (χ0) is 20.5. The zero-order valence-corrected chi connectivity index (χ0v) is 17.8. The van der Waals surface area contributed by atoms with E-state index in [1.807, 2.05) is 0 Å². The van der Waals surface area contributed by atoms with Gasteiger partial charge < -0.3 is 14.8 Å². The number of anilines is 1. The fourth-order valence-corrected chi connectivity index (χ4v) is 4.17. The number of fused-ring (bicyclic) bond motifs is 1. The number of nitrogens with one attached hydrogen (secondary N) is 1. The van der Waals surface area contributed by atoms with E-state index in [-0.39, 0.29) is 11.7 Å². The summed E-state index contributed by atoms with van der Waals surface area (Å²) in [5, 5.41) is 2.44. The van der Waals surface area contributed by atoms with Gasteiger partial charge in [0.05, 0.1) is 15.6 Å². The molecule has 0 spiro atoms. The molecule has 7 nitrogen and oxygen atoms in total. The van der Waals surface area contributed by atoms with E-state index in [0.29, 0.717) is 32.2 Å². The summed E-state index contributed by atoms with van der Waals surface area (Å²) in [5.41, 5.74) is 1.06. The lowest BCUT2D eigenvalue weighted by molar-refractivity contribution is -0.127. The van der Waals surface area contributed by atoms with Crippen LogP contribution in [-0.2, 0) is 9.59 Å². The van der Waals surface area contributed by atoms with E-state index in [1.54, 1.807) is 42.5 Å². The number of rotatable bonds is 4. The molecule has 0 unspecified atom stereocenters. The topological polar surface area (TPSA) is 84.9 Å². The predicted octanol–water partition coefficient (Wildman–Crippen LogP) is 4.51. The largest absolute Gasteiger partial charge is 0.454 e. The molecule has 1 fully saturated rings. The molecule has 10 heteroatoms. The quantitative estimate of drug-likeness (QED) is 0.629. The number of amides is 3. The van der Waals surface area contributed by atoms with Gasteiger partial charge in [-0.1, -0.05) is 39.7 Å². The van der Waals surface area contributed by atoms with E-state index in [4.69, 9.17) is 21.1 Å². The van der Waals surface area contributed by atoms with E-state index in [0.717, 1.165) is 16.7 Å². The maximum Gasteiger partial charge on any atom is 0.294 e. The van der Waals surface area contributed by atoms with Crippen LogP contribution >= 0.6 is 39.3 Å². The van der Waals surface area contributed by atoms with Gasteiger partial charge in [0.15, 0.2) is 11.5 Å². The Labute approximate surface area is 183 Å². The second-order valence-electron chi connectivity index (χ2n) is 6.02. The number of hydrogen-bond donors (Lipinski definition) is 1.